The van der Waals surface area contributed by atoms with Gasteiger partial charge in [0.2, 0.25) is 0 Å². The Hall–Kier alpha value is -0.0151. The molecule has 0 spiro atoms. The molecule has 0 aliphatic heterocycles. The van der Waals surface area contributed by atoms with Crippen molar-refractivity contribution in [2.45, 2.75) is 6.00 Å². The van der Waals surface area contributed by atoms with Crippen LogP contribution in [0.15, 0.2) is 0 Å². The highest BCUT2D eigenvalue weighted by Gasteiger charge is 1.87. The molecule has 2 nitrogen and oxygen atoms in total. The van der Waals surface area contributed by atoms with Gasteiger partial charge in [-0.1, -0.05) is 0 Å². The van der Waals surface area contributed by atoms with E-state index >= 15 is 0 Å². The van der Waals surface area contributed by atoms with E-state index in [-0.39, 0.29) is 6.61 Å². The summed E-state index contributed by atoms with van der Waals surface area (Å²) in [6.45, 7) is 0.208. The summed E-state index contributed by atoms with van der Waals surface area (Å²) >= 11 is 0. The molecular weight excluding hydrogens is 78.8 g/mol. The summed E-state index contributed by atoms with van der Waals surface area (Å²) < 4.78 is 4.43. The van der Waals surface area contributed by atoms with Crippen LogP contribution < -0.4 is 0 Å². The third kappa shape index (κ3) is 3.98. The lowest BCUT2D eigenvalue weighted by molar-refractivity contribution is 0.112. The van der Waals surface area contributed by atoms with Crippen LogP contribution in [-0.4, -0.2) is 32.7 Å². The van der Waals surface area contributed by atoms with Gasteiger partial charge in [0, 0.05) is 13.1 Å². The van der Waals surface area contributed by atoms with Crippen LogP contribution in [0.3, 0.4) is 0 Å². The van der Waals surface area contributed by atoms with Crippen molar-refractivity contribution in [1.82, 2.24) is 0 Å². The van der Waals surface area contributed by atoms with Crippen molar-refractivity contribution in [3.05, 3.63) is 0 Å². The maximum atomic E-state index is 8.21. The Labute approximate surface area is 38.5 Å². The Bertz CT molecular complexity index is 30.0. The number of aliphatic hydroxyl groups is 1. The maximum absolute atomic E-state index is 8.21. The molecule has 2 radical (unpaired) electrons. The fourth-order valence-electron chi connectivity index (χ4n) is 0.171. The van der Waals surface area contributed by atoms with E-state index < -0.39 is 6.00 Å². The molecule has 0 aliphatic carbocycles. The van der Waals surface area contributed by atoms with Crippen LogP contribution in [0, 0.1) is 0 Å². The normalized spacial score (nSPS) is 14.3. The molecule has 0 rings (SSSR count). The number of hydrogen-bond donors (Lipinski definition) is 1. The Kier molecular flexibility index (Phi) is 3.18. The van der Waals surface area contributed by atoms with E-state index in [0.717, 1.165) is 0 Å². The Morgan fingerprint density at radius 1 is 2.00 bits per heavy atom. The zero-order valence-electron chi connectivity index (χ0n) is 3.72. The first-order valence-corrected chi connectivity index (χ1v) is 1.70. The van der Waals surface area contributed by atoms with Gasteiger partial charge in [-0.25, -0.2) is 0 Å². The van der Waals surface area contributed by atoms with E-state index in [2.05, 4.69) is 4.74 Å². The van der Waals surface area contributed by atoms with Crippen LogP contribution in [-0.2, 0) is 4.74 Å². The summed E-state index contributed by atoms with van der Waals surface area (Å²) in [7, 11) is 6.32. The molecule has 0 aliphatic rings. The van der Waals surface area contributed by atoms with Gasteiger partial charge in [-0.3, -0.25) is 0 Å². The van der Waals surface area contributed by atoms with Gasteiger partial charge >= 0.3 is 0 Å². The highest BCUT2D eigenvalue weighted by molar-refractivity contribution is 6.10. The molecule has 1 atom stereocenters. The molecule has 0 heterocycles. The van der Waals surface area contributed by atoms with E-state index in [4.69, 9.17) is 13.0 Å². The highest BCUT2D eigenvalue weighted by atomic mass is 16.5. The predicted molar refractivity (Wildman–Crippen MR) is 23.6 cm³/mol. The summed E-state index contributed by atoms with van der Waals surface area (Å²) in [4.78, 5) is 0. The topological polar surface area (TPSA) is 29.5 Å². The van der Waals surface area contributed by atoms with Gasteiger partial charge < -0.3 is 9.84 Å². The van der Waals surface area contributed by atoms with Crippen molar-refractivity contribution >= 4 is 7.85 Å². The fraction of sp³-hybridized carbons (Fsp3) is 1.00. The van der Waals surface area contributed by atoms with Gasteiger partial charge in [0.25, 0.3) is 0 Å². The first kappa shape index (κ1) is 5.98. The average Bonchev–Trinajstić information content (AvgIpc) is 1.35. The molecule has 34 valence electrons. The molecule has 0 amide bonds. The van der Waals surface area contributed by atoms with Gasteiger partial charge in [0.15, 0.2) is 0 Å². The second-order valence-corrected chi connectivity index (χ2v) is 1.02. The monoisotopic (exact) mass is 86.1 g/mol. The van der Waals surface area contributed by atoms with Crippen molar-refractivity contribution in [1.29, 1.82) is 0 Å². The SMILES string of the molecule is [B]C(O)COC. The standard InChI is InChI=1S/C3H7BO2/c1-6-2-3(4)5/h3,5H,2H2,1H3. The number of hydrogen-bond acceptors (Lipinski definition) is 2. The first-order chi connectivity index (χ1) is 2.77. The lowest BCUT2D eigenvalue weighted by Crippen LogP contribution is -2.12. The summed E-state index contributed by atoms with van der Waals surface area (Å²) in [6.07, 6.45) is 0. The maximum Gasteiger partial charge on any atom is 0.111 e. The molecule has 0 saturated carbocycles. The Morgan fingerprint density at radius 2 is 2.50 bits per heavy atom. The number of ether oxygens (including phenoxy) is 1. The second-order valence-electron chi connectivity index (χ2n) is 1.02. The minimum Gasteiger partial charge on any atom is -0.401 e. The van der Waals surface area contributed by atoms with Gasteiger partial charge in [0.05, 0.1) is 6.61 Å². The molecule has 6 heavy (non-hydrogen) atoms. The fourth-order valence-corrected chi connectivity index (χ4v) is 0.171. The largest absolute Gasteiger partial charge is 0.401 e. The molecule has 3 heteroatoms. The van der Waals surface area contributed by atoms with E-state index in [9.17, 15) is 0 Å². The molecule has 1 N–H and O–H groups in total. The molecule has 0 aromatic rings. The minimum absolute atomic E-state index is 0.208. The quantitative estimate of drug-likeness (QED) is 0.442. The Morgan fingerprint density at radius 3 is 2.50 bits per heavy atom. The van der Waals surface area contributed by atoms with E-state index in [1.165, 1.54) is 7.11 Å². The van der Waals surface area contributed by atoms with Gasteiger partial charge in [-0.05, 0) is 0 Å². The summed E-state index contributed by atoms with van der Waals surface area (Å²) in [5.41, 5.74) is 0. The number of rotatable bonds is 2. The number of aliphatic hydroxyl groups excluding tert-OH is 1. The van der Waals surface area contributed by atoms with Gasteiger partial charge in [0.1, 0.15) is 7.85 Å². The molecule has 0 fully saturated rings. The third-order valence-electron chi connectivity index (χ3n) is 0.337. The van der Waals surface area contributed by atoms with E-state index in [1.54, 1.807) is 0 Å². The molecule has 1 unspecified atom stereocenters. The van der Waals surface area contributed by atoms with Gasteiger partial charge in [-0.15, -0.1) is 0 Å². The molecule has 0 aromatic carbocycles. The second kappa shape index (κ2) is 3.19. The van der Waals surface area contributed by atoms with Crippen molar-refractivity contribution in [2.75, 3.05) is 13.7 Å². The molecular formula is C3H7BO2. The first-order valence-electron chi connectivity index (χ1n) is 1.70. The summed E-state index contributed by atoms with van der Waals surface area (Å²) in [5, 5.41) is 8.21. The molecule has 0 bridgehead atoms. The molecule has 0 saturated heterocycles. The predicted octanol–water partition coefficient (Wildman–Crippen LogP) is -0.880. The summed E-state index contributed by atoms with van der Waals surface area (Å²) in [6, 6.07) is -0.824. The lowest BCUT2D eigenvalue weighted by Gasteiger charge is -1.97. The van der Waals surface area contributed by atoms with E-state index in [1.807, 2.05) is 0 Å². The Balaban J connectivity index is 2.63. The van der Waals surface area contributed by atoms with Crippen molar-refractivity contribution in [3.63, 3.8) is 0 Å². The van der Waals surface area contributed by atoms with Crippen molar-refractivity contribution in [2.24, 2.45) is 0 Å². The lowest BCUT2D eigenvalue weighted by atomic mass is 10.0. The van der Waals surface area contributed by atoms with E-state index in [0.29, 0.717) is 0 Å². The van der Waals surface area contributed by atoms with Crippen LogP contribution in [0.25, 0.3) is 0 Å². The van der Waals surface area contributed by atoms with Crippen LogP contribution in [0.1, 0.15) is 0 Å². The highest BCUT2D eigenvalue weighted by Crippen LogP contribution is 1.70. The average molecular weight is 85.9 g/mol. The van der Waals surface area contributed by atoms with Crippen LogP contribution >= 0.6 is 0 Å². The zero-order chi connectivity index (χ0) is 4.99. The van der Waals surface area contributed by atoms with Crippen LogP contribution in [0.2, 0.25) is 0 Å². The number of methoxy groups -OCH3 is 1. The van der Waals surface area contributed by atoms with Crippen molar-refractivity contribution < 1.29 is 9.84 Å². The van der Waals surface area contributed by atoms with Crippen molar-refractivity contribution in [3.8, 4) is 0 Å². The zero-order valence-corrected chi connectivity index (χ0v) is 3.72. The smallest absolute Gasteiger partial charge is 0.111 e. The minimum atomic E-state index is -0.824. The third-order valence-corrected chi connectivity index (χ3v) is 0.337. The summed E-state index contributed by atoms with van der Waals surface area (Å²) in [5.74, 6) is 0. The van der Waals surface area contributed by atoms with Crippen LogP contribution in [0.4, 0.5) is 0 Å². The molecule has 0 aromatic heterocycles. The van der Waals surface area contributed by atoms with Crippen LogP contribution in [0.5, 0.6) is 0 Å². The van der Waals surface area contributed by atoms with Gasteiger partial charge in [-0.2, -0.15) is 0 Å².